The molecule has 4 aromatic heterocycles. The molecule has 0 bridgehead atoms. The fraction of sp³-hybridized carbons (Fsp3) is 0.429. The van der Waals surface area contributed by atoms with Crippen molar-refractivity contribution in [1.29, 1.82) is 0 Å². The molecule has 0 amide bonds. The van der Waals surface area contributed by atoms with Crippen molar-refractivity contribution in [2.45, 2.75) is 55.2 Å². The number of halogens is 3. The lowest BCUT2D eigenvalue weighted by atomic mass is 9.84. The number of aromatic amines is 2. The number of nitrogens with zero attached hydrogens (tertiary/aromatic N) is 6. The number of carbonyl (C=O) groups is 1. The lowest BCUT2D eigenvalue weighted by Crippen LogP contribution is -2.23. The predicted octanol–water partition coefficient (Wildman–Crippen LogP) is 4.07. The summed E-state index contributed by atoms with van der Waals surface area (Å²) in [4.78, 5) is 25.0. The fourth-order valence-electron chi connectivity index (χ4n) is 4.17. The highest BCUT2D eigenvalue weighted by atomic mass is 32.2. The van der Waals surface area contributed by atoms with Crippen LogP contribution in [0.15, 0.2) is 36.1 Å². The molecule has 1 saturated carbocycles. The average molecular weight is 524 g/mol. The molecule has 192 valence electrons. The Kier molecular flexibility index (Phi) is 7.47. The number of fused-ring (bicyclic) bond motifs is 1. The quantitative estimate of drug-likeness (QED) is 0.282. The van der Waals surface area contributed by atoms with E-state index in [4.69, 9.17) is 15.6 Å². The predicted molar refractivity (Wildman–Crippen MR) is 126 cm³/mol. The Hall–Kier alpha value is -3.62. The van der Waals surface area contributed by atoms with E-state index in [1.165, 1.54) is 12.8 Å². The number of thioether (sulfide) groups is 1. The summed E-state index contributed by atoms with van der Waals surface area (Å²) >= 11 is 1.70. The third kappa shape index (κ3) is 5.95. The van der Waals surface area contributed by atoms with Gasteiger partial charge in [0.05, 0.1) is 17.9 Å². The number of rotatable bonds is 5. The molecule has 11 nitrogen and oxygen atoms in total. The number of hydrogen-bond acceptors (Lipinski definition) is 8. The number of aliphatic carboxylic acids is 1. The number of hydrogen-bond donors (Lipinski definition) is 4. The molecule has 1 atom stereocenters. The minimum absolute atomic E-state index is 0.374. The Morgan fingerprint density at radius 2 is 2.00 bits per heavy atom. The SMILES string of the molecule is CC(Sc1n[nH]c(N)n1)C1CCC(n2cc(-c3ncnc4[nH]ccc34)cn2)CC1.O=C(O)C(F)(F)F. The fourth-order valence-corrected chi connectivity index (χ4v) is 5.22. The van der Waals surface area contributed by atoms with Crippen LogP contribution in [0, 0.1) is 5.92 Å². The Morgan fingerprint density at radius 1 is 1.28 bits per heavy atom. The molecule has 1 unspecified atom stereocenters. The van der Waals surface area contributed by atoms with Gasteiger partial charge in [0.15, 0.2) is 0 Å². The maximum absolute atomic E-state index is 10.6. The van der Waals surface area contributed by atoms with Crippen molar-refractivity contribution in [3.63, 3.8) is 0 Å². The van der Waals surface area contributed by atoms with Crippen molar-refractivity contribution < 1.29 is 23.1 Å². The van der Waals surface area contributed by atoms with Gasteiger partial charge < -0.3 is 15.8 Å². The number of H-pyrrole nitrogens is 2. The monoisotopic (exact) mass is 523 g/mol. The van der Waals surface area contributed by atoms with E-state index in [0.29, 0.717) is 23.2 Å². The van der Waals surface area contributed by atoms with Crippen LogP contribution in [0.25, 0.3) is 22.3 Å². The molecule has 1 fully saturated rings. The summed E-state index contributed by atoms with van der Waals surface area (Å²) in [5.74, 6) is -1.74. The van der Waals surface area contributed by atoms with Gasteiger partial charge in [0.25, 0.3) is 0 Å². The molecule has 0 aliphatic heterocycles. The van der Waals surface area contributed by atoms with E-state index in [-0.39, 0.29) is 0 Å². The molecule has 15 heteroatoms. The number of alkyl halides is 3. The van der Waals surface area contributed by atoms with E-state index in [1.54, 1.807) is 18.1 Å². The summed E-state index contributed by atoms with van der Waals surface area (Å²) in [6.07, 6.45) is 7.01. The molecular weight excluding hydrogens is 499 g/mol. The third-order valence-electron chi connectivity index (χ3n) is 6.02. The normalized spacial score (nSPS) is 19.0. The lowest BCUT2D eigenvalue weighted by molar-refractivity contribution is -0.192. The smallest absolute Gasteiger partial charge is 0.475 e. The van der Waals surface area contributed by atoms with E-state index in [1.807, 2.05) is 18.5 Å². The minimum atomic E-state index is -5.08. The molecular formula is C21H24F3N9O2S. The second-order valence-corrected chi connectivity index (χ2v) is 9.71. The first kappa shape index (κ1) is 25.5. The van der Waals surface area contributed by atoms with Crippen LogP contribution in [0.2, 0.25) is 0 Å². The van der Waals surface area contributed by atoms with Gasteiger partial charge in [-0.15, -0.1) is 5.10 Å². The third-order valence-corrected chi connectivity index (χ3v) is 7.17. The summed E-state index contributed by atoms with van der Waals surface area (Å²) in [5.41, 5.74) is 8.43. The second kappa shape index (κ2) is 10.6. The van der Waals surface area contributed by atoms with Crippen LogP contribution < -0.4 is 5.73 Å². The van der Waals surface area contributed by atoms with Crippen molar-refractivity contribution in [3.05, 3.63) is 31.0 Å². The van der Waals surface area contributed by atoms with Crippen LogP contribution >= 0.6 is 11.8 Å². The minimum Gasteiger partial charge on any atom is -0.475 e. The van der Waals surface area contributed by atoms with E-state index in [9.17, 15) is 13.2 Å². The van der Waals surface area contributed by atoms with Gasteiger partial charge in [-0.2, -0.15) is 23.3 Å². The topological polar surface area (TPSA) is 164 Å². The Balaban J connectivity index is 0.000000384. The van der Waals surface area contributed by atoms with Gasteiger partial charge in [0.2, 0.25) is 11.1 Å². The van der Waals surface area contributed by atoms with Gasteiger partial charge in [-0.3, -0.25) is 4.68 Å². The summed E-state index contributed by atoms with van der Waals surface area (Å²) < 4.78 is 33.8. The largest absolute Gasteiger partial charge is 0.490 e. The number of nitrogens with two attached hydrogens (primary N) is 1. The molecule has 0 radical (unpaired) electrons. The zero-order valence-electron chi connectivity index (χ0n) is 19.1. The van der Waals surface area contributed by atoms with Gasteiger partial charge in [-0.1, -0.05) is 18.7 Å². The number of carboxylic acids is 1. The van der Waals surface area contributed by atoms with E-state index in [0.717, 1.165) is 40.3 Å². The molecule has 1 aliphatic rings. The highest BCUT2D eigenvalue weighted by Crippen LogP contribution is 2.39. The molecule has 4 aromatic rings. The van der Waals surface area contributed by atoms with Gasteiger partial charge in [-0.05, 0) is 37.7 Å². The van der Waals surface area contributed by atoms with Crippen LogP contribution in [-0.2, 0) is 4.79 Å². The number of nitrogens with one attached hydrogen (secondary N) is 2. The van der Waals surface area contributed by atoms with Crippen molar-refractivity contribution in [2.75, 3.05) is 5.73 Å². The molecule has 5 N–H and O–H groups in total. The number of anilines is 1. The van der Waals surface area contributed by atoms with Crippen LogP contribution in [0.3, 0.4) is 0 Å². The lowest BCUT2D eigenvalue weighted by Gasteiger charge is -2.31. The molecule has 4 heterocycles. The summed E-state index contributed by atoms with van der Waals surface area (Å²) in [6.45, 7) is 2.26. The zero-order valence-corrected chi connectivity index (χ0v) is 19.9. The Morgan fingerprint density at radius 3 is 2.64 bits per heavy atom. The summed E-state index contributed by atoms with van der Waals surface area (Å²) in [5, 5.41) is 20.8. The van der Waals surface area contributed by atoms with Gasteiger partial charge in [0, 0.05) is 28.6 Å². The van der Waals surface area contributed by atoms with Crippen molar-refractivity contribution in [3.8, 4) is 11.3 Å². The highest BCUT2D eigenvalue weighted by molar-refractivity contribution is 7.99. The van der Waals surface area contributed by atoms with Gasteiger partial charge in [0.1, 0.15) is 12.0 Å². The molecule has 0 saturated heterocycles. The second-order valence-electron chi connectivity index (χ2n) is 8.37. The standard InChI is InChI=1S/C19H23N9S.C2HF3O2/c1-11(29-19-25-18(20)26-27-19)12-2-4-14(5-3-12)28-9-13(8-24-28)16-15-6-7-21-17(15)23-10-22-16;3-2(4,5)1(6)7/h6-12,14H,2-5H2,1H3,(H,21,22,23)(H3,20,25,26,27);(H,6,7). The van der Waals surface area contributed by atoms with Gasteiger partial charge in [-0.25, -0.2) is 19.9 Å². The van der Waals surface area contributed by atoms with E-state index >= 15 is 0 Å². The van der Waals surface area contributed by atoms with Crippen LogP contribution in [0.5, 0.6) is 0 Å². The van der Waals surface area contributed by atoms with Crippen LogP contribution in [0.1, 0.15) is 38.6 Å². The molecule has 1 aliphatic carbocycles. The van der Waals surface area contributed by atoms with Gasteiger partial charge >= 0.3 is 12.1 Å². The maximum Gasteiger partial charge on any atom is 0.490 e. The van der Waals surface area contributed by atoms with Crippen molar-refractivity contribution in [1.82, 2.24) is 39.9 Å². The van der Waals surface area contributed by atoms with Crippen molar-refractivity contribution in [2.24, 2.45) is 5.92 Å². The first-order chi connectivity index (χ1) is 17.1. The Bertz CT molecular complexity index is 1310. The van der Waals surface area contributed by atoms with E-state index < -0.39 is 12.1 Å². The molecule has 36 heavy (non-hydrogen) atoms. The summed E-state index contributed by atoms with van der Waals surface area (Å²) in [6, 6.07) is 2.44. The van der Waals surface area contributed by atoms with Crippen molar-refractivity contribution >= 4 is 34.7 Å². The number of nitrogen functional groups attached to an aromatic ring is 1. The highest BCUT2D eigenvalue weighted by Gasteiger charge is 2.38. The summed E-state index contributed by atoms with van der Waals surface area (Å²) in [7, 11) is 0. The number of carboxylic acid groups (broad SMARTS) is 1. The first-order valence-corrected chi connectivity index (χ1v) is 12.0. The first-order valence-electron chi connectivity index (χ1n) is 11.1. The molecule has 0 spiro atoms. The molecule has 5 rings (SSSR count). The number of aromatic nitrogens is 8. The Labute approximate surface area is 207 Å². The van der Waals surface area contributed by atoms with Crippen LogP contribution in [-0.4, -0.2) is 62.4 Å². The van der Waals surface area contributed by atoms with E-state index in [2.05, 4.69) is 53.0 Å². The zero-order chi connectivity index (χ0) is 25.9. The molecule has 0 aromatic carbocycles. The maximum atomic E-state index is 10.6. The van der Waals surface area contributed by atoms with Crippen LogP contribution in [0.4, 0.5) is 19.1 Å². The average Bonchev–Trinajstić information content (AvgIpc) is 3.60.